The number of H-pyrrole nitrogens is 1. The van der Waals surface area contributed by atoms with E-state index in [-0.39, 0.29) is 11.1 Å². The molecule has 0 fully saturated rings. The number of aromatic nitrogens is 2. The first-order valence-corrected chi connectivity index (χ1v) is 7.09. The van der Waals surface area contributed by atoms with E-state index in [4.69, 9.17) is 5.11 Å². The zero-order valence-corrected chi connectivity index (χ0v) is 12.2. The van der Waals surface area contributed by atoms with Crippen LogP contribution in [0, 0.1) is 0 Å². The zero-order chi connectivity index (χ0) is 15.4. The average molecular weight is 289 g/mol. The van der Waals surface area contributed by atoms with E-state index in [0.29, 0.717) is 16.9 Å². The van der Waals surface area contributed by atoms with E-state index in [1.54, 1.807) is 0 Å². The molecule has 0 aliphatic carbocycles. The molecule has 2 rings (SSSR count). The van der Waals surface area contributed by atoms with E-state index >= 15 is 0 Å². The molecule has 0 atom stereocenters. The molecule has 0 spiro atoms. The Hall–Kier alpha value is -2.37. The Labute approximate surface area is 122 Å². The average Bonchev–Trinajstić information content (AvgIpc) is 2.47. The quantitative estimate of drug-likeness (QED) is 0.851. The topological polar surface area (TPSA) is 86.3 Å². The number of carbonyl (C=O) groups is 1. The summed E-state index contributed by atoms with van der Waals surface area (Å²) in [5, 5.41) is 9.43. The van der Waals surface area contributed by atoms with Crippen molar-refractivity contribution in [2.45, 2.75) is 26.7 Å². The molecular weight excluding hydrogens is 270 g/mol. The van der Waals surface area contributed by atoms with Gasteiger partial charge in [-0.3, -0.25) is 9.78 Å². The van der Waals surface area contributed by atoms with Gasteiger partial charge in [0.1, 0.15) is 0 Å². The summed E-state index contributed by atoms with van der Waals surface area (Å²) in [6.07, 6.45) is 2.06. The first kappa shape index (κ1) is 15.0. The Kier molecular flexibility index (Phi) is 4.57. The van der Waals surface area contributed by atoms with E-state index in [2.05, 4.69) is 16.9 Å². The summed E-state index contributed by atoms with van der Waals surface area (Å²) in [5.41, 5.74) is 0.286. The molecule has 0 saturated carbocycles. The van der Waals surface area contributed by atoms with Crippen LogP contribution in [0.3, 0.4) is 0 Å². The van der Waals surface area contributed by atoms with Crippen molar-refractivity contribution in [1.82, 2.24) is 9.97 Å². The number of unbranched alkanes of at least 4 members (excludes halogenated alkanes) is 1. The van der Waals surface area contributed by atoms with Gasteiger partial charge < -0.3 is 10.0 Å². The van der Waals surface area contributed by atoms with Crippen molar-refractivity contribution in [3.63, 3.8) is 0 Å². The molecular formula is C15H19N3O3. The minimum atomic E-state index is -1.03. The Bertz CT molecular complexity index is 709. The monoisotopic (exact) mass is 289 g/mol. The molecule has 1 heterocycles. The molecule has 0 unspecified atom stereocenters. The number of nitrogens with one attached hydrogen (secondary N) is 1. The van der Waals surface area contributed by atoms with E-state index in [9.17, 15) is 9.59 Å². The molecule has 0 aliphatic heterocycles. The van der Waals surface area contributed by atoms with Crippen LogP contribution in [0.2, 0.25) is 0 Å². The lowest BCUT2D eigenvalue weighted by atomic mass is 10.1. The molecule has 21 heavy (non-hydrogen) atoms. The minimum absolute atomic E-state index is 0.128. The van der Waals surface area contributed by atoms with Crippen LogP contribution in [0.4, 0.5) is 5.95 Å². The highest BCUT2D eigenvalue weighted by Crippen LogP contribution is 2.14. The number of aromatic carboxylic acids is 1. The van der Waals surface area contributed by atoms with Crippen molar-refractivity contribution in [1.29, 1.82) is 0 Å². The van der Waals surface area contributed by atoms with Gasteiger partial charge in [0.25, 0.3) is 5.56 Å². The van der Waals surface area contributed by atoms with Gasteiger partial charge in [-0.05, 0) is 31.5 Å². The predicted molar refractivity (Wildman–Crippen MR) is 82.1 cm³/mol. The fraction of sp³-hybridized carbons (Fsp3) is 0.400. The third kappa shape index (κ3) is 3.21. The fourth-order valence-electron chi connectivity index (χ4n) is 2.17. The smallest absolute Gasteiger partial charge is 0.335 e. The number of nitrogens with zero attached hydrogens (tertiary/aromatic N) is 2. The molecule has 0 aliphatic rings. The summed E-state index contributed by atoms with van der Waals surface area (Å²) in [5.74, 6) is -0.537. The molecule has 1 aromatic heterocycles. The van der Waals surface area contributed by atoms with Gasteiger partial charge >= 0.3 is 5.97 Å². The lowest BCUT2D eigenvalue weighted by Gasteiger charge is -2.21. The van der Waals surface area contributed by atoms with Gasteiger partial charge in [0.15, 0.2) is 0 Å². The standard InChI is InChI=1S/C15H19N3O3/c1-3-5-8-18(4-2)15-16-12-9-10(14(20)21)6-7-11(12)13(19)17-15/h6-7,9H,3-5,8H2,1-2H3,(H,20,21)(H,16,17,19). The minimum Gasteiger partial charge on any atom is -0.478 e. The summed E-state index contributed by atoms with van der Waals surface area (Å²) in [6, 6.07) is 4.34. The first-order chi connectivity index (χ1) is 10.1. The lowest BCUT2D eigenvalue weighted by molar-refractivity contribution is 0.0697. The predicted octanol–water partition coefficient (Wildman–Crippen LogP) is 2.25. The SMILES string of the molecule is CCCCN(CC)c1nc2cc(C(=O)O)ccc2c(=O)[nH]1. The lowest BCUT2D eigenvalue weighted by Crippen LogP contribution is -2.28. The van der Waals surface area contributed by atoms with Crippen LogP contribution in [0.15, 0.2) is 23.0 Å². The molecule has 0 radical (unpaired) electrons. The zero-order valence-electron chi connectivity index (χ0n) is 12.2. The molecule has 112 valence electrons. The maximum atomic E-state index is 12.1. The highest BCUT2D eigenvalue weighted by atomic mass is 16.4. The Balaban J connectivity index is 2.50. The van der Waals surface area contributed by atoms with Gasteiger partial charge in [-0.1, -0.05) is 13.3 Å². The van der Waals surface area contributed by atoms with E-state index in [0.717, 1.165) is 25.9 Å². The summed E-state index contributed by atoms with van der Waals surface area (Å²) >= 11 is 0. The van der Waals surface area contributed by atoms with Crippen molar-refractivity contribution >= 4 is 22.8 Å². The van der Waals surface area contributed by atoms with E-state index in [1.807, 2.05) is 11.8 Å². The number of hydrogen-bond acceptors (Lipinski definition) is 4. The Morgan fingerprint density at radius 1 is 1.38 bits per heavy atom. The summed E-state index contributed by atoms with van der Waals surface area (Å²) < 4.78 is 0. The molecule has 0 saturated heterocycles. The van der Waals surface area contributed by atoms with Crippen molar-refractivity contribution in [3.05, 3.63) is 34.1 Å². The second-order valence-corrected chi connectivity index (χ2v) is 4.86. The number of hydrogen-bond donors (Lipinski definition) is 2. The summed E-state index contributed by atoms with van der Waals surface area (Å²) in [7, 11) is 0. The molecule has 2 N–H and O–H groups in total. The number of carboxylic acid groups (broad SMARTS) is 1. The normalized spacial score (nSPS) is 10.8. The number of benzene rings is 1. The highest BCUT2D eigenvalue weighted by molar-refractivity contribution is 5.93. The summed E-state index contributed by atoms with van der Waals surface area (Å²) in [4.78, 5) is 32.3. The number of fused-ring (bicyclic) bond motifs is 1. The second kappa shape index (κ2) is 6.39. The van der Waals surface area contributed by atoms with Gasteiger partial charge in [-0.2, -0.15) is 0 Å². The van der Waals surface area contributed by atoms with Crippen LogP contribution in [0.25, 0.3) is 10.9 Å². The van der Waals surface area contributed by atoms with E-state index < -0.39 is 5.97 Å². The number of carboxylic acids is 1. The van der Waals surface area contributed by atoms with Crippen molar-refractivity contribution < 1.29 is 9.90 Å². The number of rotatable bonds is 6. The van der Waals surface area contributed by atoms with Crippen LogP contribution in [0.1, 0.15) is 37.0 Å². The van der Waals surface area contributed by atoms with Crippen LogP contribution >= 0.6 is 0 Å². The van der Waals surface area contributed by atoms with Crippen LogP contribution < -0.4 is 10.5 Å². The Morgan fingerprint density at radius 3 is 2.76 bits per heavy atom. The molecule has 0 bridgehead atoms. The van der Waals surface area contributed by atoms with Crippen molar-refractivity contribution in [3.8, 4) is 0 Å². The fourth-order valence-corrected chi connectivity index (χ4v) is 2.17. The third-order valence-electron chi connectivity index (χ3n) is 3.40. The molecule has 2 aromatic rings. The van der Waals surface area contributed by atoms with Crippen molar-refractivity contribution in [2.75, 3.05) is 18.0 Å². The van der Waals surface area contributed by atoms with Gasteiger partial charge in [0, 0.05) is 13.1 Å². The first-order valence-electron chi connectivity index (χ1n) is 7.09. The van der Waals surface area contributed by atoms with Crippen LogP contribution in [-0.2, 0) is 0 Å². The van der Waals surface area contributed by atoms with Gasteiger partial charge in [-0.15, -0.1) is 0 Å². The maximum Gasteiger partial charge on any atom is 0.335 e. The van der Waals surface area contributed by atoms with Gasteiger partial charge in [0.2, 0.25) is 5.95 Å². The van der Waals surface area contributed by atoms with Crippen LogP contribution in [0.5, 0.6) is 0 Å². The maximum absolute atomic E-state index is 12.1. The molecule has 6 heteroatoms. The van der Waals surface area contributed by atoms with Gasteiger partial charge in [-0.25, -0.2) is 9.78 Å². The molecule has 6 nitrogen and oxygen atoms in total. The van der Waals surface area contributed by atoms with E-state index in [1.165, 1.54) is 18.2 Å². The largest absolute Gasteiger partial charge is 0.478 e. The summed E-state index contributed by atoms with van der Waals surface area (Å²) in [6.45, 7) is 5.63. The Morgan fingerprint density at radius 2 is 2.14 bits per heavy atom. The number of aromatic amines is 1. The molecule has 1 aromatic carbocycles. The highest BCUT2D eigenvalue weighted by Gasteiger charge is 2.11. The third-order valence-corrected chi connectivity index (χ3v) is 3.40. The number of anilines is 1. The van der Waals surface area contributed by atoms with Crippen molar-refractivity contribution in [2.24, 2.45) is 0 Å². The second-order valence-electron chi connectivity index (χ2n) is 4.86. The van der Waals surface area contributed by atoms with Gasteiger partial charge in [0.05, 0.1) is 16.5 Å². The molecule has 0 amide bonds. The van der Waals surface area contributed by atoms with Crippen LogP contribution in [-0.4, -0.2) is 34.1 Å².